The van der Waals surface area contributed by atoms with Gasteiger partial charge in [0.2, 0.25) is 0 Å². The van der Waals surface area contributed by atoms with Gasteiger partial charge in [0.05, 0.1) is 22.3 Å². The van der Waals surface area contributed by atoms with Crippen LogP contribution in [0.5, 0.6) is 0 Å². The van der Waals surface area contributed by atoms with E-state index in [-0.39, 0.29) is 0 Å². The van der Waals surface area contributed by atoms with Gasteiger partial charge >= 0.3 is 0 Å². The van der Waals surface area contributed by atoms with Crippen molar-refractivity contribution in [2.45, 2.75) is 4.90 Å². The Morgan fingerprint density at radius 2 is 2.25 bits per heavy atom. The van der Waals surface area contributed by atoms with Crippen molar-refractivity contribution in [1.29, 1.82) is 0 Å². The Morgan fingerprint density at radius 1 is 1.25 bits per heavy atom. The minimum absolute atomic E-state index is 0.835. The van der Waals surface area contributed by atoms with Crippen LogP contribution in [0.2, 0.25) is 0 Å². The SMILES string of the molecule is C1=Nc2cc3c(cc2=N1)SCN=3. The molecule has 12 heavy (non-hydrogen) atoms. The normalized spacial score (nSPS) is 16.7. The van der Waals surface area contributed by atoms with Gasteiger partial charge in [-0.15, -0.1) is 11.8 Å². The van der Waals surface area contributed by atoms with Gasteiger partial charge in [0, 0.05) is 4.90 Å². The number of fused-ring (bicyclic) bond motifs is 2. The molecular formula is C8H5N3S. The standard InChI is InChI=1S/C8H5N3S/c1-5-6(10-3-9-5)2-8-7(1)11-4-12-8/h1-3H,4H2. The zero-order chi connectivity index (χ0) is 7.97. The topological polar surface area (TPSA) is 37.1 Å². The number of rotatable bonds is 0. The van der Waals surface area contributed by atoms with Crippen molar-refractivity contribution in [3.8, 4) is 0 Å². The maximum Gasteiger partial charge on any atom is 0.116 e. The number of benzene rings is 1. The molecule has 0 unspecified atom stereocenters. The van der Waals surface area contributed by atoms with Crippen LogP contribution >= 0.6 is 11.8 Å². The van der Waals surface area contributed by atoms with Gasteiger partial charge in [-0.3, -0.25) is 4.99 Å². The summed E-state index contributed by atoms with van der Waals surface area (Å²) in [5.41, 5.74) is 0.944. The molecule has 0 aromatic heterocycles. The number of hydrogen-bond acceptors (Lipinski definition) is 4. The lowest BCUT2D eigenvalue weighted by Crippen LogP contribution is -2.08. The molecule has 2 aliphatic heterocycles. The zero-order valence-electron chi connectivity index (χ0n) is 6.19. The van der Waals surface area contributed by atoms with Gasteiger partial charge in [-0.05, 0) is 12.1 Å². The van der Waals surface area contributed by atoms with Crippen LogP contribution in [0.3, 0.4) is 0 Å². The molecule has 0 N–H and O–H groups in total. The Balaban J connectivity index is 2.45. The summed E-state index contributed by atoms with van der Waals surface area (Å²) in [6, 6.07) is 4.05. The summed E-state index contributed by atoms with van der Waals surface area (Å²) in [7, 11) is 0. The fraction of sp³-hybridized carbons (Fsp3) is 0.125. The maximum absolute atomic E-state index is 4.32. The van der Waals surface area contributed by atoms with E-state index in [2.05, 4.69) is 21.0 Å². The average molecular weight is 175 g/mol. The molecule has 1 aromatic carbocycles. The fourth-order valence-corrected chi connectivity index (χ4v) is 2.13. The third-order valence-electron chi connectivity index (χ3n) is 1.90. The van der Waals surface area contributed by atoms with E-state index in [0.29, 0.717) is 0 Å². The van der Waals surface area contributed by atoms with Crippen LogP contribution in [0.15, 0.2) is 32.0 Å². The molecule has 0 atom stereocenters. The van der Waals surface area contributed by atoms with Crippen molar-refractivity contribution in [1.82, 2.24) is 0 Å². The summed E-state index contributed by atoms with van der Waals surface area (Å²) in [6.45, 7) is 0. The van der Waals surface area contributed by atoms with Gasteiger partial charge in [0.15, 0.2) is 0 Å². The highest BCUT2D eigenvalue weighted by Crippen LogP contribution is 2.18. The molecule has 2 heterocycles. The quantitative estimate of drug-likeness (QED) is 0.570. The highest BCUT2D eigenvalue weighted by Gasteiger charge is 2.08. The van der Waals surface area contributed by atoms with Crippen molar-refractivity contribution < 1.29 is 0 Å². The molecule has 0 radical (unpaired) electrons. The minimum atomic E-state index is 0.835. The third-order valence-corrected chi connectivity index (χ3v) is 2.80. The molecule has 2 aliphatic rings. The summed E-state index contributed by atoms with van der Waals surface area (Å²) in [6.07, 6.45) is 1.59. The predicted octanol–water partition coefficient (Wildman–Crippen LogP) is 0.662. The Labute approximate surface area is 73.0 Å². The van der Waals surface area contributed by atoms with Gasteiger partial charge in [-0.1, -0.05) is 0 Å². The van der Waals surface area contributed by atoms with Crippen molar-refractivity contribution in [2.75, 3.05) is 5.88 Å². The highest BCUT2D eigenvalue weighted by atomic mass is 32.2. The molecule has 0 amide bonds. The summed E-state index contributed by atoms with van der Waals surface area (Å²) in [4.78, 5) is 13.8. The van der Waals surface area contributed by atoms with E-state index in [4.69, 9.17) is 0 Å². The largest absolute Gasteiger partial charge is 0.273 e. The second-order valence-corrected chi connectivity index (χ2v) is 3.60. The van der Waals surface area contributed by atoms with Crippen LogP contribution < -0.4 is 10.7 Å². The highest BCUT2D eigenvalue weighted by molar-refractivity contribution is 7.99. The fourth-order valence-electron chi connectivity index (χ4n) is 1.32. The van der Waals surface area contributed by atoms with Gasteiger partial charge in [-0.25, -0.2) is 9.98 Å². The molecular weight excluding hydrogens is 170 g/mol. The van der Waals surface area contributed by atoms with Gasteiger partial charge in [-0.2, -0.15) is 0 Å². The summed E-state index contributed by atoms with van der Waals surface area (Å²) in [5.74, 6) is 0.835. The van der Waals surface area contributed by atoms with Crippen molar-refractivity contribution in [3.05, 3.63) is 22.8 Å². The first-order valence-corrected chi connectivity index (χ1v) is 4.64. The maximum atomic E-state index is 4.32. The number of hydrogen-bond donors (Lipinski definition) is 0. The van der Waals surface area contributed by atoms with Crippen LogP contribution in [0, 0.1) is 0 Å². The van der Waals surface area contributed by atoms with Crippen molar-refractivity contribution in [3.63, 3.8) is 0 Å². The monoisotopic (exact) mass is 175 g/mol. The van der Waals surface area contributed by atoms with Crippen LogP contribution in [0.25, 0.3) is 0 Å². The van der Waals surface area contributed by atoms with E-state index in [9.17, 15) is 0 Å². The lowest BCUT2D eigenvalue weighted by molar-refractivity contribution is 1.19. The Kier molecular flexibility index (Phi) is 1.15. The Bertz CT molecular complexity index is 490. The molecule has 0 aliphatic carbocycles. The smallest absolute Gasteiger partial charge is 0.116 e. The summed E-state index contributed by atoms with van der Waals surface area (Å²) < 4.78 is 0. The van der Waals surface area contributed by atoms with Gasteiger partial charge in [0.1, 0.15) is 6.34 Å². The van der Waals surface area contributed by atoms with Crippen LogP contribution in [0.4, 0.5) is 5.69 Å². The van der Waals surface area contributed by atoms with E-state index < -0.39 is 0 Å². The molecule has 0 fully saturated rings. The number of thioether (sulfide) groups is 1. The molecule has 0 spiro atoms. The first kappa shape index (κ1) is 6.37. The minimum Gasteiger partial charge on any atom is -0.273 e. The second kappa shape index (κ2) is 2.17. The number of nitrogens with zero attached hydrogens (tertiary/aromatic N) is 3. The Hall–Kier alpha value is -1.16. The van der Waals surface area contributed by atoms with E-state index in [1.165, 1.54) is 4.90 Å². The van der Waals surface area contributed by atoms with E-state index >= 15 is 0 Å². The van der Waals surface area contributed by atoms with Gasteiger partial charge < -0.3 is 0 Å². The molecule has 0 saturated heterocycles. The van der Waals surface area contributed by atoms with Crippen LogP contribution in [-0.2, 0) is 0 Å². The van der Waals surface area contributed by atoms with E-state index in [1.807, 2.05) is 6.07 Å². The molecule has 4 heteroatoms. The first-order valence-electron chi connectivity index (χ1n) is 3.65. The van der Waals surface area contributed by atoms with Crippen LogP contribution in [-0.4, -0.2) is 12.2 Å². The molecule has 0 bridgehead atoms. The lowest BCUT2D eigenvalue weighted by Gasteiger charge is -1.91. The number of aliphatic imine (C=N–C) groups is 1. The molecule has 3 nitrogen and oxygen atoms in total. The van der Waals surface area contributed by atoms with E-state index in [1.54, 1.807) is 18.1 Å². The zero-order valence-corrected chi connectivity index (χ0v) is 7.01. The van der Waals surface area contributed by atoms with Gasteiger partial charge in [0.25, 0.3) is 0 Å². The second-order valence-electron chi connectivity index (χ2n) is 2.61. The summed E-state index contributed by atoms with van der Waals surface area (Å²) in [5, 5.41) is 2.03. The Morgan fingerprint density at radius 3 is 3.25 bits per heavy atom. The average Bonchev–Trinajstić information content (AvgIpc) is 2.64. The van der Waals surface area contributed by atoms with Crippen LogP contribution in [0.1, 0.15) is 0 Å². The molecule has 1 aromatic rings. The van der Waals surface area contributed by atoms with Crippen molar-refractivity contribution in [2.24, 2.45) is 15.0 Å². The summed E-state index contributed by atoms with van der Waals surface area (Å²) >= 11 is 1.75. The molecule has 58 valence electrons. The van der Waals surface area contributed by atoms with Crippen molar-refractivity contribution >= 4 is 23.8 Å². The predicted molar refractivity (Wildman–Crippen MR) is 47.6 cm³/mol. The first-order chi connectivity index (χ1) is 5.93. The third kappa shape index (κ3) is 0.754. The van der Waals surface area contributed by atoms with E-state index in [0.717, 1.165) is 22.3 Å². The molecule has 3 rings (SSSR count). The molecule has 0 saturated carbocycles. The lowest BCUT2D eigenvalue weighted by atomic mass is 10.3.